The Morgan fingerprint density at radius 1 is 1.04 bits per heavy atom. The maximum Gasteiger partial charge on any atom is 0.129 e. The molecule has 0 fully saturated rings. The topological polar surface area (TPSA) is 27.1 Å². The maximum atomic E-state index is 6.01. The molecule has 0 radical (unpaired) electrons. The number of nitrogens with zero attached hydrogens (tertiary/aromatic N) is 2. The van der Waals surface area contributed by atoms with Crippen molar-refractivity contribution in [3.05, 3.63) is 96.1 Å². The zero-order valence-electron chi connectivity index (χ0n) is 14.6. The van der Waals surface area contributed by atoms with Gasteiger partial charge in [-0.1, -0.05) is 48.0 Å². The molecule has 1 aromatic heterocycles. The summed E-state index contributed by atoms with van der Waals surface area (Å²) in [5.74, 6) is 0.857. The van der Waals surface area contributed by atoms with Crippen LogP contribution in [0.3, 0.4) is 0 Å². The van der Waals surface area contributed by atoms with E-state index in [-0.39, 0.29) is 0 Å². The molecule has 126 valence electrons. The van der Waals surface area contributed by atoms with Crippen molar-refractivity contribution in [1.29, 1.82) is 0 Å². The third kappa shape index (κ3) is 4.48. The maximum absolute atomic E-state index is 6.01. The van der Waals surface area contributed by atoms with E-state index in [1.54, 1.807) is 6.20 Å². The van der Waals surface area contributed by atoms with Gasteiger partial charge >= 0.3 is 0 Å². The van der Waals surface area contributed by atoms with Crippen molar-refractivity contribution < 1.29 is 4.74 Å². The molecule has 3 rings (SSSR count). The zero-order valence-corrected chi connectivity index (χ0v) is 14.6. The molecule has 3 aromatic rings. The molecule has 0 aliphatic heterocycles. The molecule has 0 atom stereocenters. The van der Waals surface area contributed by atoms with E-state index in [4.69, 9.17) is 4.74 Å². The third-order valence-corrected chi connectivity index (χ3v) is 3.78. The molecule has 0 unspecified atom stereocenters. The lowest BCUT2D eigenvalue weighted by Crippen LogP contribution is -2.02. The van der Waals surface area contributed by atoms with Crippen LogP contribution in [0.4, 0.5) is 0 Å². The van der Waals surface area contributed by atoms with Crippen LogP contribution in [0.2, 0.25) is 0 Å². The van der Waals surface area contributed by atoms with Crippen molar-refractivity contribution in [3.8, 4) is 5.75 Å². The van der Waals surface area contributed by atoms with E-state index in [1.807, 2.05) is 53.5 Å². The number of para-hydroxylation sites is 1. The van der Waals surface area contributed by atoms with Crippen LogP contribution < -0.4 is 4.74 Å². The summed E-state index contributed by atoms with van der Waals surface area (Å²) in [6.07, 6.45) is 9.76. The minimum absolute atomic E-state index is 0.557. The molecule has 0 spiro atoms. The van der Waals surface area contributed by atoms with Gasteiger partial charge in [0.2, 0.25) is 0 Å². The van der Waals surface area contributed by atoms with E-state index >= 15 is 0 Å². The molecule has 1 heterocycles. The third-order valence-electron chi connectivity index (χ3n) is 3.78. The lowest BCUT2D eigenvalue weighted by atomic mass is 10.1. The summed E-state index contributed by atoms with van der Waals surface area (Å²) in [6.45, 7) is 4.70. The molecule has 0 aliphatic carbocycles. The predicted octanol–water partition coefficient (Wildman–Crippen LogP) is 5.27. The molecular formula is C22H22N2O. The molecule has 0 aliphatic rings. The first-order valence-corrected chi connectivity index (χ1v) is 8.34. The summed E-state index contributed by atoms with van der Waals surface area (Å²) in [4.78, 5) is 4.20. The van der Waals surface area contributed by atoms with E-state index in [0.717, 1.165) is 22.6 Å². The highest BCUT2D eigenvalue weighted by Gasteiger charge is 2.10. The Bertz CT molecular complexity index is 858. The van der Waals surface area contributed by atoms with Crippen LogP contribution in [-0.4, -0.2) is 16.2 Å². The average molecular weight is 330 g/mol. The van der Waals surface area contributed by atoms with Crippen LogP contribution >= 0.6 is 0 Å². The SMILES string of the molecule is CC(C)=CCOc1ccccc1/C(=C/c1ccccc1)n1ccnc1. The van der Waals surface area contributed by atoms with Crippen LogP contribution in [0.25, 0.3) is 11.8 Å². The summed E-state index contributed by atoms with van der Waals surface area (Å²) < 4.78 is 8.02. The first-order chi connectivity index (χ1) is 12.2. The fourth-order valence-corrected chi connectivity index (χ4v) is 2.50. The number of hydrogen-bond acceptors (Lipinski definition) is 2. The standard InChI is InChI=1S/C22H22N2O/c1-18(2)12-15-25-22-11-7-6-10-20(22)21(24-14-13-23-17-24)16-19-8-4-3-5-9-19/h3-14,16-17H,15H2,1-2H3/b21-16-. The van der Waals surface area contributed by atoms with E-state index in [2.05, 4.69) is 49.2 Å². The number of hydrogen-bond donors (Lipinski definition) is 0. The molecule has 2 aromatic carbocycles. The van der Waals surface area contributed by atoms with Gasteiger partial charge in [-0.05, 0) is 43.7 Å². The highest BCUT2D eigenvalue weighted by molar-refractivity contribution is 5.83. The van der Waals surface area contributed by atoms with Crippen molar-refractivity contribution in [2.45, 2.75) is 13.8 Å². The summed E-state index contributed by atoms with van der Waals surface area (Å²) in [6, 6.07) is 18.4. The number of benzene rings is 2. The molecule has 0 bridgehead atoms. The monoisotopic (exact) mass is 330 g/mol. The molecule has 0 saturated carbocycles. The van der Waals surface area contributed by atoms with E-state index < -0.39 is 0 Å². The first-order valence-electron chi connectivity index (χ1n) is 8.34. The van der Waals surface area contributed by atoms with Gasteiger partial charge in [0.25, 0.3) is 0 Å². The molecule has 3 heteroatoms. The van der Waals surface area contributed by atoms with Crippen LogP contribution in [0.1, 0.15) is 25.0 Å². The highest BCUT2D eigenvalue weighted by Crippen LogP contribution is 2.29. The van der Waals surface area contributed by atoms with Gasteiger partial charge < -0.3 is 9.30 Å². The Morgan fingerprint density at radius 2 is 1.80 bits per heavy atom. The van der Waals surface area contributed by atoms with Crippen LogP contribution in [-0.2, 0) is 0 Å². The van der Waals surface area contributed by atoms with Gasteiger partial charge in [-0.2, -0.15) is 0 Å². The van der Waals surface area contributed by atoms with Crippen molar-refractivity contribution in [2.24, 2.45) is 0 Å². The van der Waals surface area contributed by atoms with Gasteiger partial charge in [-0.3, -0.25) is 0 Å². The minimum Gasteiger partial charge on any atom is -0.489 e. The van der Waals surface area contributed by atoms with Crippen molar-refractivity contribution in [1.82, 2.24) is 9.55 Å². The van der Waals surface area contributed by atoms with Crippen molar-refractivity contribution in [3.63, 3.8) is 0 Å². The first kappa shape index (κ1) is 16.8. The van der Waals surface area contributed by atoms with Crippen LogP contribution in [0, 0.1) is 0 Å². The largest absolute Gasteiger partial charge is 0.489 e. The lowest BCUT2D eigenvalue weighted by Gasteiger charge is -2.14. The second-order valence-corrected chi connectivity index (χ2v) is 6.00. The molecule has 3 nitrogen and oxygen atoms in total. The Kier molecular flexibility index (Phi) is 5.47. The average Bonchev–Trinajstić information content (AvgIpc) is 3.15. The highest BCUT2D eigenvalue weighted by atomic mass is 16.5. The summed E-state index contributed by atoms with van der Waals surface area (Å²) in [5, 5.41) is 0. The van der Waals surface area contributed by atoms with Gasteiger partial charge in [0.05, 0.1) is 12.0 Å². The van der Waals surface area contributed by atoms with E-state index in [1.165, 1.54) is 5.57 Å². The second kappa shape index (κ2) is 8.15. The Labute approximate surface area is 148 Å². The number of rotatable bonds is 6. The summed E-state index contributed by atoms with van der Waals surface area (Å²) >= 11 is 0. The van der Waals surface area contributed by atoms with Gasteiger partial charge in [0.15, 0.2) is 0 Å². The minimum atomic E-state index is 0.557. The quantitative estimate of drug-likeness (QED) is 0.454. The Balaban J connectivity index is 2.03. The van der Waals surface area contributed by atoms with E-state index in [9.17, 15) is 0 Å². The predicted molar refractivity (Wildman–Crippen MR) is 103 cm³/mol. The number of imidazole rings is 1. The fraction of sp³-hybridized carbons (Fsp3) is 0.136. The van der Waals surface area contributed by atoms with Crippen LogP contribution in [0.15, 0.2) is 85.0 Å². The summed E-state index contributed by atoms with van der Waals surface area (Å²) in [7, 11) is 0. The fourth-order valence-electron chi connectivity index (χ4n) is 2.50. The second-order valence-electron chi connectivity index (χ2n) is 6.00. The van der Waals surface area contributed by atoms with Crippen LogP contribution in [0.5, 0.6) is 5.75 Å². The molecule has 0 amide bonds. The van der Waals surface area contributed by atoms with Gasteiger partial charge in [0.1, 0.15) is 12.4 Å². The zero-order chi connectivity index (χ0) is 17.5. The lowest BCUT2D eigenvalue weighted by molar-refractivity contribution is 0.361. The van der Waals surface area contributed by atoms with Crippen molar-refractivity contribution >= 4 is 11.8 Å². The van der Waals surface area contributed by atoms with E-state index in [0.29, 0.717) is 6.61 Å². The smallest absolute Gasteiger partial charge is 0.129 e. The molecular weight excluding hydrogens is 308 g/mol. The number of allylic oxidation sites excluding steroid dienone is 1. The van der Waals surface area contributed by atoms with Gasteiger partial charge in [-0.25, -0.2) is 4.98 Å². The molecule has 25 heavy (non-hydrogen) atoms. The number of ether oxygens (including phenoxy) is 1. The number of aromatic nitrogens is 2. The molecule has 0 N–H and O–H groups in total. The van der Waals surface area contributed by atoms with Gasteiger partial charge in [0, 0.05) is 18.0 Å². The normalized spacial score (nSPS) is 11.2. The Morgan fingerprint density at radius 3 is 2.52 bits per heavy atom. The Hall–Kier alpha value is -3.07. The van der Waals surface area contributed by atoms with Gasteiger partial charge in [-0.15, -0.1) is 0 Å². The van der Waals surface area contributed by atoms with Crippen molar-refractivity contribution in [2.75, 3.05) is 6.61 Å². The molecule has 0 saturated heterocycles. The summed E-state index contributed by atoms with van der Waals surface area (Å²) in [5.41, 5.74) is 4.43.